The Bertz CT molecular complexity index is 529. The van der Waals surface area contributed by atoms with Gasteiger partial charge in [0, 0.05) is 0 Å². The summed E-state index contributed by atoms with van der Waals surface area (Å²) < 4.78 is 64.9. The van der Waals surface area contributed by atoms with E-state index in [0.29, 0.717) is 0 Å². The molecule has 1 fully saturated rings. The number of benzene rings is 1. The van der Waals surface area contributed by atoms with Crippen LogP contribution in [-0.4, -0.2) is 23.4 Å². The van der Waals surface area contributed by atoms with Crippen molar-refractivity contribution in [3.63, 3.8) is 0 Å². The van der Waals surface area contributed by atoms with Crippen molar-refractivity contribution in [1.29, 1.82) is 0 Å². The van der Waals surface area contributed by atoms with E-state index in [1.165, 1.54) is 0 Å². The van der Waals surface area contributed by atoms with Gasteiger partial charge in [-0.1, -0.05) is 0 Å². The number of phenols is 1. The van der Waals surface area contributed by atoms with E-state index >= 15 is 0 Å². The molecule has 0 radical (unpaired) electrons. The molecule has 1 N–H and O–H groups in total. The molecule has 3 nitrogen and oxygen atoms in total. The molecule has 8 heteroatoms. The van der Waals surface area contributed by atoms with Crippen LogP contribution in [0.1, 0.15) is 27.7 Å². The van der Waals surface area contributed by atoms with Crippen LogP contribution in [0.2, 0.25) is 0 Å². The van der Waals surface area contributed by atoms with Gasteiger partial charge in [-0.3, -0.25) is 0 Å². The van der Waals surface area contributed by atoms with Crippen LogP contribution in [0, 0.1) is 23.3 Å². The van der Waals surface area contributed by atoms with Crippen LogP contribution >= 0.6 is 0 Å². The summed E-state index contributed by atoms with van der Waals surface area (Å²) in [4.78, 5) is 0. The van der Waals surface area contributed by atoms with Crippen molar-refractivity contribution < 1.29 is 32.0 Å². The van der Waals surface area contributed by atoms with Gasteiger partial charge in [0.05, 0.1) is 16.7 Å². The molecule has 1 heterocycles. The second kappa shape index (κ2) is 4.36. The maximum atomic E-state index is 13.8. The Labute approximate surface area is 113 Å². The number of halogens is 4. The number of rotatable bonds is 1. The minimum Gasteiger partial charge on any atom is -0.503 e. The lowest BCUT2D eigenvalue weighted by molar-refractivity contribution is 0.00578. The summed E-state index contributed by atoms with van der Waals surface area (Å²) in [5.74, 6) is -8.94. The molecule has 0 amide bonds. The maximum absolute atomic E-state index is 13.8. The average Bonchev–Trinajstić information content (AvgIpc) is 2.53. The smallest absolute Gasteiger partial charge is 0.501 e. The van der Waals surface area contributed by atoms with Crippen LogP contribution in [0.25, 0.3) is 0 Å². The molecule has 1 aromatic rings. The van der Waals surface area contributed by atoms with E-state index in [4.69, 9.17) is 14.4 Å². The van der Waals surface area contributed by atoms with Gasteiger partial charge in [0.25, 0.3) is 0 Å². The average molecular weight is 292 g/mol. The molecule has 0 saturated carbocycles. The Morgan fingerprint density at radius 2 is 1.15 bits per heavy atom. The zero-order valence-electron chi connectivity index (χ0n) is 11.4. The van der Waals surface area contributed by atoms with Gasteiger partial charge in [-0.15, -0.1) is 0 Å². The van der Waals surface area contributed by atoms with Gasteiger partial charge in [0.1, 0.15) is 0 Å². The van der Waals surface area contributed by atoms with Crippen molar-refractivity contribution in [3.05, 3.63) is 23.3 Å². The van der Waals surface area contributed by atoms with Gasteiger partial charge in [-0.05, 0) is 27.7 Å². The van der Waals surface area contributed by atoms with Crippen molar-refractivity contribution in [2.45, 2.75) is 38.9 Å². The van der Waals surface area contributed by atoms with Crippen molar-refractivity contribution in [3.8, 4) is 5.75 Å². The summed E-state index contributed by atoms with van der Waals surface area (Å²) in [6, 6.07) is 0. The number of aromatic hydroxyl groups is 1. The lowest BCUT2D eigenvalue weighted by atomic mass is 9.78. The molecule has 1 aliphatic rings. The molecular formula is C12H13BF4O3. The summed E-state index contributed by atoms with van der Waals surface area (Å²) in [6.45, 7) is 6.48. The topological polar surface area (TPSA) is 38.7 Å². The second-order valence-corrected chi connectivity index (χ2v) is 5.61. The first-order chi connectivity index (χ1) is 8.99. The molecule has 0 spiro atoms. The zero-order chi connectivity index (χ0) is 15.5. The number of hydrogen-bond donors (Lipinski definition) is 1. The fraction of sp³-hybridized carbons (Fsp3) is 0.500. The molecule has 0 aliphatic carbocycles. The highest BCUT2D eigenvalue weighted by Crippen LogP contribution is 2.37. The number of hydrogen-bond acceptors (Lipinski definition) is 3. The van der Waals surface area contributed by atoms with Crippen molar-refractivity contribution in [1.82, 2.24) is 0 Å². The van der Waals surface area contributed by atoms with Crippen molar-refractivity contribution in [2.24, 2.45) is 0 Å². The fourth-order valence-corrected chi connectivity index (χ4v) is 1.80. The van der Waals surface area contributed by atoms with Gasteiger partial charge in [-0.25, -0.2) is 8.78 Å². The third-order valence-corrected chi connectivity index (χ3v) is 3.76. The van der Waals surface area contributed by atoms with Crippen LogP contribution in [0.15, 0.2) is 0 Å². The highest BCUT2D eigenvalue weighted by Gasteiger charge is 2.54. The first-order valence-corrected chi connectivity index (χ1v) is 5.90. The SMILES string of the molecule is CC1(C)OB(c2c(F)c(F)c(O)c(F)c2F)OC1(C)C. The molecule has 2 rings (SSSR count). The molecule has 20 heavy (non-hydrogen) atoms. The predicted molar refractivity (Wildman–Crippen MR) is 63.7 cm³/mol. The quantitative estimate of drug-likeness (QED) is 0.490. The Kier molecular flexibility index (Phi) is 3.30. The molecule has 0 bridgehead atoms. The first-order valence-electron chi connectivity index (χ1n) is 5.90. The summed E-state index contributed by atoms with van der Waals surface area (Å²) >= 11 is 0. The summed E-state index contributed by atoms with van der Waals surface area (Å²) in [5, 5.41) is 8.93. The van der Waals surface area contributed by atoms with E-state index in [1.807, 2.05) is 0 Å². The van der Waals surface area contributed by atoms with Crippen LogP contribution < -0.4 is 5.46 Å². The highest BCUT2D eigenvalue weighted by molar-refractivity contribution is 6.62. The summed E-state index contributed by atoms with van der Waals surface area (Å²) in [7, 11) is -1.61. The van der Waals surface area contributed by atoms with E-state index in [1.54, 1.807) is 27.7 Å². The molecule has 0 unspecified atom stereocenters. The standard InChI is InChI=1S/C12H13BF4O3/c1-11(2)12(3,4)20-13(19-11)5-6(14)8(16)10(18)9(17)7(5)15/h18H,1-4H3. The molecule has 1 saturated heterocycles. The van der Waals surface area contributed by atoms with Gasteiger partial charge in [-0.2, -0.15) is 8.78 Å². The Morgan fingerprint density at radius 1 is 0.800 bits per heavy atom. The minimum atomic E-state index is -1.88. The van der Waals surface area contributed by atoms with E-state index in [-0.39, 0.29) is 0 Å². The van der Waals surface area contributed by atoms with Gasteiger partial charge >= 0.3 is 7.12 Å². The monoisotopic (exact) mass is 292 g/mol. The normalized spacial score (nSPS) is 20.5. The lowest BCUT2D eigenvalue weighted by Gasteiger charge is -2.32. The van der Waals surface area contributed by atoms with Crippen molar-refractivity contribution >= 4 is 12.6 Å². The molecular weight excluding hydrogens is 279 g/mol. The van der Waals surface area contributed by atoms with Gasteiger partial charge in [0.15, 0.2) is 17.4 Å². The highest BCUT2D eigenvalue weighted by atomic mass is 19.2. The lowest BCUT2D eigenvalue weighted by Crippen LogP contribution is -2.41. The molecule has 0 atom stereocenters. The van der Waals surface area contributed by atoms with Crippen LogP contribution in [-0.2, 0) is 9.31 Å². The van der Waals surface area contributed by atoms with Crippen molar-refractivity contribution in [2.75, 3.05) is 0 Å². The van der Waals surface area contributed by atoms with E-state index in [9.17, 15) is 17.6 Å². The molecule has 1 aliphatic heterocycles. The van der Waals surface area contributed by atoms with Gasteiger partial charge in [0.2, 0.25) is 11.6 Å². The second-order valence-electron chi connectivity index (χ2n) is 5.61. The molecule has 1 aromatic carbocycles. The predicted octanol–water partition coefficient (Wildman–Crippen LogP) is 2.25. The minimum absolute atomic E-state index is 0.929. The third-order valence-electron chi connectivity index (χ3n) is 3.76. The fourth-order valence-electron chi connectivity index (χ4n) is 1.80. The largest absolute Gasteiger partial charge is 0.503 e. The Hall–Kier alpha value is -1.28. The maximum Gasteiger partial charge on any atom is 0.501 e. The Balaban J connectivity index is 2.57. The zero-order valence-corrected chi connectivity index (χ0v) is 11.4. The van der Waals surface area contributed by atoms with Crippen LogP contribution in [0.4, 0.5) is 17.6 Å². The van der Waals surface area contributed by atoms with Gasteiger partial charge < -0.3 is 14.4 Å². The third kappa shape index (κ3) is 1.98. The molecule has 0 aromatic heterocycles. The summed E-state index contributed by atoms with van der Waals surface area (Å²) in [5.41, 5.74) is -2.89. The summed E-state index contributed by atoms with van der Waals surface area (Å²) in [6.07, 6.45) is 0. The van der Waals surface area contributed by atoms with E-state index in [0.717, 1.165) is 0 Å². The van der Waals surface area contributed by atoms with E-state index in [2.05, 4.69) is 0 Å². The molecule has 110 valence electrons. The first kappa shape index (κ1) is 15.1. The van der Waals surface area contributed by atoms with Crippen LogP contribution in [0.3, 0.4) is 0 Å². The van der Waals surface area contributed by atoms with E-state index < -0.39 is 52.8 Å². The van der Waals surface area contributed by atoms with Crippen LogP contribution in [0.5, 0.6) is 5.75 Å². The number of phenolic OH excluding ortho intramolecular Hbond substituents is 1. The Morgan fingerprint density at radius 3 is 1.50 bits per heavy atom.